The second kappa shape index (κ2) is 5.04. The Balaban J connectivity index is 1.72. The summed E-state index contributed by atoms with van der Waals surface area (Å²) < 4.78 is 5.84. The number of carbonyl (C=O) groups is 1. The number of para-hydroxylation sites is 1. The lowest BCUT2D eigenvalue weighted by atomic mass is 10.1. The van der Waals surface area contributed by atoms with Crippen LogP contribution in [-0.2, 0) is 4.79 Å². The Labute approximate surface area is 127 Å². The third kappa shape index (κ3) is 2.13. The van der Waals surface area contributed by atoms with Gasteiger partial charge in [-0.05, 0) is 24.3 Å². The molecule has 3 aromatic rings. The molecule has 3 heteroatoms. The second-order valence-corrected chi connectivity index (χ2v) is 5.13. The van der Waals surface area contributed by atoms with Crippen molar-refractivity contribution < 1.29 is 9.21 Å². The molecular weight excluding hydrogens is 274 g/mol. The Morgan fingerprint density at radius 1 is 0.864 bits per heavy atom. The van der Waals surface area contributed by atoms with E-state index in [-0.39, 0.29) is 5.91 Å². The molecule has 1 aliphatic heterocycles. The minimum Gasteiger partial charge on any atom is -0.457 e. The van der Waals surface area contributed by atoms with E-state index < -0.39 is 0 Å². The van der Waals surface area contributed by atoms with Gasteiger partial charge in [0.05, 0.1) is 5.57 Å². The predicted molar refractivity (Wildman–Crippen MR) is 87.1 cm³/mol. The Hall–Kier alpha value is -3.07. The summed E-state index contributed by atoms with van der Waals surface area (Å²) in [5.41, 5.74) is 3.40. The first-order chi connectivity index (χ1) is 10.8. The van der Waals surface area contributed by atoms with Gasteiger partial charge in [0.25, 0.3) is 5.91 Å². The molecule has 0 fully saturated rings. The smallest absolute Gasteiger partial charge is 0.256 e. The first-order valence-corrected chi connectivity index (χ1v) is 7.09. The van der Waals surface area contributed by atoms with Gasteiger partial charge >= 0.3 is 0 Å². The van der Waals surface area contributed by atoms with E-state index in [1.165, 1.54) is 0 Å². The van der Waals surface area contributed by atoms with Crippen LogP contribution >= 0.6 is 0 Å². The van der Waals surface area contributed by atoms with Crippen molar-refractivity contribution in [2.45, 2.75) is 0 Å². The largest absolute Gasteiger partial charge is 0.457 e. The fraction of sp³-hybridized carbons (Fsp3) is 0. The van der Waals surface area contributed by atoms with Gasteiger partial charge in [-0.1, -0.05) is 48.5 Å². The van der Waals surface area contributed by atoms with Gasteiger partial charge in [0.15, 0.2) is 0 Å². The van der Waals surface area contributed by atoms with Crippen molar-refractivity contribution in [3.8, 4) is 11.3 Å². The maximum Gasteiger partial charge on any atom is 0.256 e. The standard InChI is InChI=1S/C19H13NO2/c21-19-16(15-8-4-5-9-17(15)20-19)12-14-10-11-18(22-14)13-6-2-1-3-7-13/h1-12H,(H,20,21)/b16-12-. The molecule has 4 rings (SSSR count). The number of fused-ring (bicyclic) bond motifs is 1. The molecule has 2 aromatic carbocycles. The average molecular weight is 287 g/mol. The summed E-state index contributed by atoms with van der Waals surface area (Å²) in [6, 6.07) is 21.3. The highest BCUT2D eigenvalue weighted by molar-refractivity contribution is 6.34. The van der Waals surface area contributed by atoms with Crippen LogP contribution in [0.3, 0.4) is 0 Å². The van der Waals surface area contributed by atoms with Gasteiger partial charge in [0.2, 0.25) is 0 Å². The zero-order valence-electron chi connectivity index (χ0n) is 11.7. The average Bonchev–Trinajstić information content (AvgIpc) is 3.14. The van der Waals surface area contributed by atoms with Gasteiger partial charge < -0.3 is 9.73 Å². The molecule has 1 aliphatic rings. The molecule has 0 saturated carbocycles. The summed E-state index contributed by atoms with van der Waals surface area (Å²) in [6.07, 6.45) is 1.79. The van der Waals surface area contributed by atoms with E-state index >= 15 is 0 Å². The summed E-state index contributed by atoms with van der Waals surface area (Å²) >= 11 is 0. The molecule has 0 spiro atoms. The molecule has 0 atom stereocenters. The van der Waals surface area contributed by atoms with Gasteiger partial charge in [0, 0.05) is 16.8 Å². The van der Waals surface area contributed by atoms with Crippen molar-refractivity contribution in [3.63, 3.8) is 0 Å². The van der Waals surface area contributed by atoms with E-state index in [0.717, 1.165) is 22.6 Å². The summed E-state index contributed by atoms with van der Waals surface area (Å²) in [5, 5.41) is 2.86. The topological polar surface area (TPSA) is 42.2 Å². The van der Waals surface area contributed by atoms with Crippen molar-refractivity contribution in [1.82, 2.24) is 0 Å². The monoisotopic (exact) mass is 287 g/mol. The molecule has 0 aliphatic carbocycles. The van der Waals surface area contributed by atoms with Crippen molar-refractivity contribution in [1.29, 1.82) is 0 Å². The number of nitrogens with one attached hydrogen (secondary N) is 1. The fourth-order valence-electron chi connectivity index (χ4n) is 2.61. The lowest BCUT2D eigenvalue weighted by Gasteiger charge is -1.97. The normalized spacial score (nSPS) is 14.9. The van der Waals surface area contributed by atoms with E-state index in [0.29, 0.717) is 11.3 Å². The number of anilines is 1. The van der Waals surface area contributed by atoms with E-state index in [2.05, 4.69) is 5.32 Å². The highest BCUT2D eigenvalue weighted by atomic mass is 16.3. The van der Waals surface area contributed by atoms with E-state index in [4.69, 9.17) is 4.42 Å². The second-order valence-electron chi connectivity index (χ2n) is 5.13. The van der Waals surface area contributed by atoms with Crippen molar-refractivity contribution in [2.24, 2.45) is 0 Å². The van der Waals surface area contributed by atoms with Gasteiger partial charge in [-0.3, -0.25) is 4.79 Å². The lowest BCUT2D eigenvalue weighted by Crippen LogP contribution is -2.03. The SMILES string of the molecule is O=C1Nc2ccccc2/C1=C/c1ccc(-c2ccccc2)o1. The van der Waals surface area contributed by atoms with Crippen LogP contribution in [0, 0.1) is 0 Å². The lowest BCUT2D eigenvalue weighted by molar-refractivity contribution is -0.110. The van der Waals surface area contributed by atoms with Crippen molar-refractivity contribution >= 4 is 23.2 Å². The molecule has 106 valence electrons. The Morgan fingerprint density at radius 2 is 1.64 bits per heavy atom. The molecule has 1 aromatic heterocycles. The minimum absolute atomic E-state index is 0.0983. The third-order valence-corrected chi connectivity index (χ3v) is 3.68. The van der Waals surface area contributed by atoms with Crippen LogP contribution in [-0.4, -0.2) is 5.91 Å². The molecule has 3 nitrogen and oxygen atoms in total. The van der Waals surface area contributed by atoms with Crippen molar-refractivity contribution in [2.75, 3.05) is 5.32 Å². The predicted octanol–water partition coefficient (Wildman–Crippen LogP) is 4.44. The molecule has 1 amide bonds. The summed E-state index contributed by atoms with van der Waals surface area (Å²) in [6.45, 7) is 0. The van der Waals surface area contributed by atoms with Crippen LogP contribution in [0.2, 0.25) is 0 Å². The summed E-state index contributed by atoms with van der Waals surface area (Å²) in [7, 11) is 0. The number of hydrogen-bond donors (Lipinski definition) is 1. The zero-order valence-corrected chi connectivity index (χ0v) is 11.7. The van der Waals surface area contributed by atoms with Gasteiger partial charge in [-0.2, -0.15) is 0 Å². The van der Waals surface area contributed by atoms with Gasteiger partial charge in [-0.15, -0.1) is 0 Å². The molecule has 0 radical (unpaired) electrons. The fourth-order valence-corrected chi connectivity index (χ4v) is 2.61. The highest BCUT2D eigenvalue weighted by Crippen LogP contribution is 2.33. The maximum absolute atomic E-state index is 12.1. The molecule has 0 unspecified atom stereocenters. The van der Waals surface area contributed by atoms with Crippen LogP contribution in [0.15, 0.2) is 71.1 Å². The van der Waals surface area contributed by atoms with E-state index in [1.54, 1.807) is 6.08 Å². The molecule has 0 bridgehead atoms. The Morgan fingerprint density at radius 3 is 2.50 bits per heavy atom. The Bertz CT molecular complexity index is 875. The van der Waals surface area contributed by atoms with Crippen LogP contribution in [0.25, 0.3) is 23.0 Å². The van der Waals surface area contributed by atoms with Gasteiger partial charge in [-0.25, -0.2) is 0 Å². The molecule has 1 N–H and O–H groups in total. The van der Waals surface area contributed by atoms with Crippen LogP contribution < -0.4 is 5.32 Å². The first kappa shape index (κ1) is 12.7. The number of benzene rings is 2. The molecule has 0 saturated heterocycles. The van der Waals surface area contributed by atoms with Crippen LogP contribution in [0.4, 0.5) is 5.69 Å². The number of amides is 1. The molecular formula is C19H13NO2. The zero-order chi connectivity index (χ0) is 14.9. The maximum atomic E-state index is 12.1. The molecule has 2 heterocycles. The number of hydrogen-bond acceptors (Lipinski definition) is 2. The van der Waals surface area contributed by atoms with Crippen LogP contribution in [0.5, 0.6) is 0 Å². The number of furan rings is 1. The van der Waals surface area contributed by atoms with E-state index in [1.807, 2.05) is 66.7 Å². The third-order valence-electron chi connectivity index (χ3n) is 3.68. The summed E-state index contributed by atoms with van der Waals surface area (Å²) in [5.74, 6) is 1.36. The highest BCUT2D eigenvalue weighted by Gasteiger charge is 2.23. The van der Waals surface area contributed by atoms with Crippen LogP contribution in [0.1, 0.15) is 11.3 Å². The minimum atomic E-state index is -0.0983. The van der Waals surface area contributed by atoms with E-state index in [9.17, 15) is 4.79 Å². The quantitative estimate of drug-likeness (QED) is 0.708. The van der Waals surface area contributed by atoms with Gasteiger partial charge in [0.1, 0.15) is 11.5 Å². The Kier molecular flexibility index (Phi) is 2.90. The first-order valence-electron chi connectivity index (χ1n) is 7.09. The number of rotatable bonds is 2. The van der Waals surface area contributed by atoms with Crippen molar-refractivity contribution in [3.05, 3.63) is 78.1 Å². The molecule has 22 heavy (non-hydrogen) atoms. The summed E-state index contributed by atoms with van der Waals surface area (Å²) in [4.78, 5) is 12.1. The number of carbonyl (C=O) groups excluding carboxylic acids is 1.